The van der Waals surface area contributed by atoms with Gasteiger partial charge in [0.25, 0.3) is 0 Å². The molecule has 1 N–H and O–H groups in total. The van der Waals surface area contributed by atoms with E-state index in [0.29, 0.717) is 6.04 Å². The van der Waals surface area contributed by atoms with Crippen molar-refractivity contribution >= 4 is 11.6 Å². The van der Waals surface area contributed by atoms with Gasteiger partial charge in [-0.2, -0.15) is 0 Å². The Bertz CT molecular complexity index is 597. The van der Waals surface area contributed by atoms with Crippen LogP contribution in [0.4, 0.5) is 0 Å². The second-order valence-corrected chi connectivity index (χ2v) is 5.60. The van der Waals surface area contributed by atoms with Crippen LogP contribution in [0.25, 0.3) is 0 Å². The van der Waals surface area contributed by atoms with Crippen molar-refractivity contribution in [2.75, 3.05) is 6.61 Å². The summed E-state index contributed by atoms with van der Waals surface area (Å²) >= 11 is 6.18. The van der Waals surface area contributed by atoms with Crippen LogP contribution in [0.5, 0.6) is 5.75 Å². The molecule has 0 spiro atoms. The van der Waals surface area contributed by atoms with Gasteiger partial charge in [-0.15, -0.1) is 0 Å². The largest absolute Gasteiger partial charge is 0.493 e. The van der Waals surface area contributed by atoms with Gasteiger partial charge in [-0.3, -0.25) is 0 Å². The zero-order chi connectivity index (χ0) is 13.9. The second kappa shape index (κ2) is 5.86. The maximum absolute atomic E-state index is 6.18. The third-order valence-corrected chi connectivity index (χ3v) is 3.94. The molecule has 0 bridgehead atoms. The highest BCUT2D eigenvalue weighted by Crippen LogP contribution is 2.33. The fraction of sp³-hybridized carbons (Fsp3) is 0.294. The lowest BCUT2D eigenvalue weighted by molar-refractivity contribution is 0.351. The van der Waals surface area contributed by atoms with E-state index in [-0.39, 0.29) is 0 Å². The summed E-state index contributed by atoms with van der Waals surface area (Å²) in [6.45, 7) is 3.69. The van der Waals surface area contributed by atoms with Gasteiger partial charge in [-0.25, -0.2) is 0 Å². The van der Waals surface area contributed by atoms with Crippen molar-refractivity contribution < 1.29 is 4.74 Å². The fourth-order valence-electron chi connectivity index (χ4n) is 2.60. The summed E-state index contributed by atoms with van der Waals surface area (Å²) in [4.78, 5) is 0. The minimum Gasteiger partial charge on any atom is -0.493 e. The van der Waals surface area contributed by atoms with E-state index in [9.17, 15) is 0 Å². The van der Waals surface area contributed by atoms with E-state index in [1.165, 1.54) is 11.1 Å². The zero-order valence-electron chi connectivity index (χ0n) is 11.5. The minimum absolute atomic E-state index is 0.298. The van der Waals surface area contributed by atoms with Crippen molar-refractivity contribution in [2.24, 2.45) is 0 Å². The maximum atomic E-state index is 6.18. The van der Waals surface area contributed by atoms with E-state index in [4.69, 9.17) is 16.3 Å². The first-order chi connectivity index (χ1) is 9.74. The quantitative estimate of drug-likeness (QED) is 0.913. The monoisotopic (exact) mass is 287 g/mol. The molecule has 3 rings (SSSR count). The summed E-state index contributed by atoms with van der Waals surface area (Å²) in [6.07, 6.45) is 0.955. The first kappa shape index (κ1) is 13.5. The van der Waals surface area contributed by atoms with Crippen LogP contribution in [0.3, 0.4) is 0 Å². The van der Waals surface area contributed by atoms with Crippen LogP contribution in [-0.4, -0.2) is 6.61 Å². The summed E-state index contributed by atoms with van der Waals surface area (Å²) in [6, 6.07) is 14.7. The normalized spacial score (nSPS) is 14.7. The van der Waals surface area contributed by atoms with E-state index < -0.39 is 0 Å². The molecule has 0 aliphatic carbocycles. The minimum atomic E-state index is 0.298. The van der Waals surface area contributed by atoms with E-state index in [1.807, 2.05) is 18.2 Å². The molecule has 1 aliphatic rings. The molecule has 20 heavy (non-hydrogen) atoms. The van der Waals surface area contributed by atoms with Gasteiger partial charge >= 0.3 is 0 Å². The number of rotatable bonds is 4. The molecule has 1 heterocycles. The smallest absolute Gasteiger partial charge is 0.127 e. The Labute approximate surface area is 124 Å². The SMILES string of the molecule is C[C@@H](NCc1cc(Cl)cc2c1OCC2)c1ccccc1. The molecule has 0 saturated carbocycles. The molecular weight excluding hydrogens is 270 g/mol. The van der Waals surface area contributed by atoms with Crippen molar-refractivity contribution in [3.63, 3.8) is 0 Å². The highest BCUT2D eigenvalue weighted by molar-refractivity contribution is 6.30. The third kappa shape index (κ3) is 2.82. The van der Waals surface area contributed by atoms with Crippen LogP contribution < -0.4 is 10.1 Å². The number of fused-ring (bicyclic) bond motifs is 1. The van der Waals surface area contributed by atoms with E-state index in [1.54, 1.807) is 0 Å². The molecule has 2 aromatic carbocycles. The summed E-state index contributed by atoms with van der Waals surface area (Å²) < 4.78 is 5.72. The molecule has 1 aliphatic heterocycles. The van der Waals surface area contributed by atoms with Gasteiger partial charge in [0.2, 0.25) is 0 Å². The van der Waals surface area contributed by atoms with Crippen LogP contribution in [0.1, 0.15) is 29.7 Å². The summed E-state index contributed by atoms with van der Waals surface area (Å²) in [5.74, 6) is 1.02. The lowest BCUT2D eigenvalue weighted by Crippen LogP contribution is -2.18. The van der Waals surface area contributed by atoms with Crippen LogP contribution >= 0.6 is 11.6 Å². The number of benzene rings is 2. The molecule has 0 fully saturated rings. The van der Waals surface area contributed by atoms with Crippen LogP contribution in [0, 0.1) is 0 Å². The highest BCUT2D eigenvalue weighted by Gasteiger charge is 2.17. The highest BCUT2D eigenvalue weighted by atomic mass is 35.5. The van der Waals surface area contributed by atoms with Gasteiger partial charge in [-0.1, -0.05) is 41.9 Å². The third-order valence-electron chi connectivity index (χ3n) is 3.72. The van der Waals surface area contributed by atoms with Crippen molar-refractivity contribution in [3.8, 4) is 5.75 Å². The average molecular weight is 288 g/mol. The standard InChI is InChI=1S/C17H18ClNO/c1-12(13-5-3-2-4-6-13)19-11-15-10-16(18)9-14-7-8-20-17(14)15/h2-6,9-10,12,19H,7-8,11H2,1H3/t12-/m1/s1. The lowest BCUT2D eigenvalue weighted by atomic mass is 10.1. The predicted octanol–water partition coefficient (Wildman–Crippen LogP) is 4.13. The topological polar surface area (TPSA) is 21.3 Å². The van der Waals surface area contributed by atoms with Gasteiger partial charge in [0, 0.05) is 29.6 Å². The van der Waals surface area contributed by atoms with Crippen molar-refractivity contribution in [3.05, 3.63) is 64.2 Å². The van der Waals surface area contributed by atoms with Crippen molar-refractivity contribution in [1.82, 2.24) is 5.32 Å². The number of hydrogen-bond donors (Lipinski definition) is 1. The average Bonchev–Trinajstić information content (AvgIpc) is 2.93. The maximum Gasteiger partial charge on any atom is 0.127 e. The van der Waals surface area contributed by atoms with E-state index >= 15 is 0 Å². The Morgan fingerprint density at radius 2 is 2.05 bits per heavy atom. The Morgan fingerprint density at radius 1 is 1.25 bits per heavy atom. The Balaban J connectivity index is 1.73. The lowest BCUT2D eigenvalue weighted by Gasteiger charge is -2.16. The van der Waals surface area contributed by atoms with Crippen molar-refractivity contribution in [1.29, 1.82) is 0 Å². The van der Waals surface area contributed by atoms with Crippen LogP contribution in [-0.2, 0) is 13.0 Å². The number of halogens is 1. The molecule has 104 valence electrons. The number of ether oxygens (including phenoxy) is 1. The molecule has 0 aromatic heterocycles. The van der Waals surface area contributed by atoms with Crippen LogP contribution in [0.2, 0.25) is 5.02 Å². The zero-order valence-corrected chi connectivity index (χ0v) is 12.3. The van der Waals surface area contributed by atoms with Gasteiger partial charge in [0.15, 0.2) is 0 Å². The molecule has 0 unspecified atom stereocenters. The molecule has 2 nitrogen and oxygen atoms in total. The molecule has 3 heteroatoms. The summed E-state index contributed by atoms with van der Waals surface area (Å²) in [5.41, 5.74) is 3.65. The molecule has 0 radical (unpaired) electrons. The first-order valence-electron chi connectivity index (χ1n) is 6.96. The Morgan fingerprint density at radius 3 is 2.85 bits per heavy atom. The van der Waals surface area contributed by atoms with Gasteiger partial charge < -0.3 is 10.1 Å². The molecule has 2 aromatic rings. The number of hydrogen-bond acceptors (Lipinski definition) is 2. The van der Waals surface area contributed by atoms with Gasteiger partial charge in [0.1, 0.15) is 5.75 Å². The van der Waals surface area contributed by atoms with E-state index in [2.05, 4.69) is 36.5 Å². The molecule has 0 saturated heterocycles. The van der Waals surface area contributed by atoms with Gasteiger partial charge in [0.05, 0.1) is 6.61 Å². The number of nitrogens with one attached hydrogen (secondary N) is 1. The second-order valence-electron chi connectivity index (χ2n) is 5.16. The fourth-order valence-corrected chi connectivity index (χ4v) is 2.86. The molecule has 0 amide bonds. The first-order valence-corrected chi connectivity index (χ1v) is 7.34. The Kier molecular flexibility index (Phi) is 3.95. The molecular formula is C17H18ClNO. The van der Waals surface area contributed by atoms with Crippen molar-refractivity contribution in [2.45, 2.75) is 25.9 Å². The van der Waals surface area contributed by atoms with Gasteiger partial charge in [-0.05, 0) is 30.2 Å². The molecule has 1 atom stereocenters. The summed E-state index contributed by atoms with van der Waals surface area (Å²) in [7, 11) is 0. The summed E-state index contributed by atoms with van der Waals surface area (Å²) in [5, 5.41) is 4.32. The van der Waals surface area contributed by atoms with E-state index in [0.717, 1.165) is 35.9 Å². The van der Waals surface area contributed by atoms with Crippen LogP contribution in [0.15, 0.2) is 42.5 Å². The predicted molar refractivity (Wildman–Crippen MR) is 82.3 cm³/mol. The Hall–Kier alpha value is -1.51.